The van der Waals surface area contributed by atoms with Crippen molar-refractivity contribution in [3.05, 3.63) is 59.7 Å². The minimum atomic E-state index is -4.26. The predicted molar refractivity (Wildman–Crippen MR) is 119 cm³/mol. The number of rotatable bonds is 8. The first-order valence-electron chi connectivity index (χ1n) is 10.7. The first-order valence-corrected chi connectivity index (χ1v) is 12.2. The van der Waals surface area contributed by atoms with Gasteiger partial charge in [0.15, 0.2) is 0 Å². The number of carbonyl (C=O) groups is 2. The van der Waals surface area contributed by atoms with E-state index < -0.39 is 28.0 Å². The predicted octanol–water partition coefficient (Wildman–Crippen LogP) is 2.05. The van der Waals surface area contributed by atoms with Crippen molar-refractivity contribution in [3.63, 3.8) is 0 Å². The van der Waals surface area contributed by atoms with Crippen molar-refractivity contribution >= 4 is 22.0 Å². The Balaban J connectivity index is 1.61. The number of piperidine rings is 3. The van der Waals surface area contributed by atoms with Crippen LogP contribution >= 0.6 is 0 Å². The number of hydrogen-bond acceptors (Lipinski definition) is 7. The van der Waals surface area contributed by atoms with Crippen molar-refractivity contribution < 1.29 is 32.6 Å². The second-order valence-corrected chi connectivity index (χ2v) is 9.96. The number of nitrogens with one attached hydrogen (secondary N) is 1. The topological polar surface area (TPSA) is 122 Å². The fourth-order valence-corrected chi connectivity index (χ4v) is 5.60. The number of fused-ring (bicyclic) bond motifs is 3. The average molecular weight is 475 g/mol. The molecule has 3 saturated heterocycles. The van der Waals surface area contributed by atoms with Gasteiger partial charge >= 0.3 is 11.9 Å². The summed E-state index contributed by atoms with van der Waals surface area (Å²) in [6.07, 6.45) is 1.61. The van der Waals surface area contributed by atoms with Crippen LogP contribution in [0.1, 0.15) is 34.8 Å². The first kappa shape index (κ1) is 23.2. The van der Waals surface area contributed by atoms with E-state index in [9.17, 15) is 23.1 Å². The van der Waals surface area contributed by atoms with Crippen LogP contribution in [-0.2, 0) is 19.6 Å². The molecule has 176 valence electrons. The van der Waals surface area contributed by atoms with E-state index >= 15 is 0 Å². The zero-order valence-electron chi connectivity index (χ0n) is 18.1. The first-order chi connectivity index (χ1) is 15.8. The van der Waals surface area contributed by atoms with Crippen LogP contribution in [0.5, 0.6) is 5.75 Å². The summed E-state index contributed by atoms with van der Waals surface area (Å²) in [7, 11) is -2.97. The van der Waals surface area contributed by atoms with Crippen LogP contribution in [0.2, 0.25) is 0 Å². The molecule has 0 aromatic heterocycles. The summed E-state index contributed by atoms with van der Waals surface area (Å²) in [4.78, 5) is 26.7. The lowest BCUT2D eigenvalue weighted by atomic mass is 9.86. The van der Waals surface area contributed by atoms with Crippen molar-refractivity contribution in [2.45, 2.75) is 29.9 Å². The lowest BCUT2D eigenvalue weighted by Gasteiger charge is -2.44. The Kier molecular flexibility index (Phi) is 6.68. The average Bonchev–Trinajstić information content (AvgIpc) is 2.83. The maximum atomic E-state index is 13.2. The maximum Gasteiger partial charge on any atom is 0.339 e. The second-order valence-electron chi connectivity index (χ2n) is 8.25. The third-order valence-electron chi connectivity index (χ3n) is 6.22. The second kappa shape index (κ2) is 9.50. The molecule has 0 amide bonds. The number of methoxy groups -OCH3 is 1. The van der Waals surface area contributed by atoms with E-state index in [-0.39, 0.29) is 28.2 Å². The number of hydrogen-bond donors (Lipinski definition) is 2. The zero-order chi connectivity index (χ0) is 23.6. The van der Waals surface area contributed by atoms with Crippen LogP contribution in [0, 0.1) is 5.92 Å². The highest BCUT2D eigenvalue weighted by Gasteiger charge is 2.38. The lowest BCUT2D eigenvalue weighted by Crippen LogP contribution is -2.52. The van der Waals surface area contributed by atoms with Gasteiger partial charge in [-0.2, -0.15) is 4.72 Å². The molecule has 3 fully saturated rings. The van der Waals surface area contributed by atoms with Gasteiger partial charge in [0.25, 0.3) is 0 Å². The van der Waals surface area contributed by atoms with Gasteiger partial charge in [-0.25, -0.2) is 18.0 Å². The summed E-state index contributed by atoms with van der Waals surface area (Å²) >= 11 is 0. The van der Waals surface area contributed by atoms with Crippen LogP contribution < -0.4 is 9.46 Å². The third kappa shape index (κ3) is 5.02. The van der Waals surface area contributed by atoms with Gasteiger partial charge in [-0.15, -0.1) is 0 Å². The van der Waals surface area contributed by atoms with Crippen LogP contribution in [0.4, 0.5) is 0 Å². The van der Waals surface area contributed by atoms with Gasteiger partial charge in [0.2, 0.25) is 10.0 Å². The minimum Gasteiger partial charge on any atom is -0.496 e. The summed E-state index contributed by atoms with van der Waals surface area (Å²) in [5.74, 6) is -1.71. The molecule has 0 spiro atoms. The molecule has 33 heavy (non-hydrogen) atoms. The number of carboxylic acids is 1. The molecule has 3 aliphatic heterocycles. The normalized spacial score (nSPS) is 23.0. The highest BCUT2D eigenvalue weighted by atomic mass is 32.2. The molecule has 0 radical (unpaired) electrons. The van der Waals surface area contributed by atoms with E-state index in [0.29, 0.717) is 12.1 Å². The van der Waals surface area contributed by atoms with E-state index in [1.165, 1.54) is 19.2 Å². The smallest absolute Gasteiger partial charge is 0.339 e. The molecule has 2 aromatic carbocycles. The van der Waals surface area contributed by atoms with Gasteiger partial charge in [0.1, 0.15) is 23.5 Å². The van der Waals surface area contributed by atoms with Crippen LogP contribution in [0.3, 0.4) is 0 Å². The zero-order valence-corrected chi connectivity index (χ0v) is 19.0. The molecule has 3 heterocycles. The van der Waals surface area contributed by atoms with Gasteiger partial charge in [0.05, 0.1) is 12.0 Å². The number of esters is 1. The molecule has 0 aliphatic carbocycles. The SMILES string of the molecule is COc1ccc(S(=O)(=O)NC(C(=O)O[C@H]2CN3CCC2CC3)c2ccccc2)cc1C(=O)O. The number of sulfonamides is 1. The van der Waals surface area contributed by atoms with Gasteiger partial charge in [0, 0.05) is 6.54 Å². The van der Waals surface area contributed by atoms with E-state index in [1.807, 2.05) is 0 Å². The molecular weight excluding hydrogens is 448 g/mol. The number of carboxylic acid groups (broad SMARTS) is 1. The molecule has 2 bridgehead atoms. The number of ether oxygens (including phenoxy) is 2. The van der Waals surface area contributed by atoms with Crippen LogP contribution in [0.15, 0.2) is 53.4 Å². The molecule has 9 nitrogen and oxygen atoms in total. The molecular formula is C23H26N2O7S. The highest BCUT2D eigenvalue weighted by Crippen LogP contribution is 2.31. The number of carbonyl (C=O) groups excluding carboxylic acids is 1. The van der Waals surface area contributed by atoms with E-state index in [0.717, 1.165) is 32.0 Å². The fraction of sp³-hybridized carbons (Fsp3) is 0.391. The van der Waals surface area contributed by atoms with E-state index in [4.69, 9.17) is 9.47 Å². The molecule has 2 aromatic rings. The Bertz CT molecular complexity index is 1130. The van der Waals surface area contributed by atoms with Crippen molar-refractivity contribution in [1.29, 1.82) is 0 Å². The molecule has 0 saturated carbocycles. The van der Waals surface area contributed by atoms with Gasteiger partial charge in [-0.3, -0.25) is 4.90 Å². The highest BCUT2D eigenvalue weighted by molar-refractivity contribution is 7.89. The fourth-order valence-electron chi connectivity index (χ4n) is 4.40. The molecule has 2 N–H and O–H groups in total. The van der Waals surface area contributed by atoms with Crippen molar-refractivity contribution in [2.75, 3.05) is 26.7 Å². The Morgan fingerprint density at radius 3 is 2.39 bits per heavy atom. The van der Waals surface area contributed by atoms with E-state index in [2.05, 4.69) is 9.62 Å². The van der Waals surface area contributed by atoms with Gasteiger partial charge in [-0.05, 0) is 55.6 Å². The lowest BCUT2D eigenvalue weighted by molar-refractivity contribution is -0.161. The van der Waals surface area contributed by atoms with Crippen molar-refractivity contribution in [1.82, 2.24) is 9.62 Å². The molecule has 10 heteroatoms. The Hall–Kier alpha value is -2.95. The number of benzene rings is 2. The van der Waals surface area contributed by atoms with Crippen molar-refractivity contribution in [2.24, 2.45) is 5.92 Å². The number of nitrogens with zero attached hydrogens (tertiary/aromatic N) is 1. The van der Waals surface area contributed by atoms with Crippen LogP contribution in [-0.4, -0.2) is 63.2 Å². The molecule has 5 rings (SSSR count). The van der Waals surface area contributed by atoms with Gasteiger partial charge < -0.3 is 14.6 Å². The van der Waals surface area contributed by atoms with Crippen molar-refractivity contribution in [3.8, 4) is 5.75 Å². The maximum absolute atomic E-state index is 13.2. The van der Waals surface area contributed by atoms with Crippen LogP contribution in [0.25, 0.3) is 0 Å². The quantitative estimate of drug-likeness (QED) is 0.558. The standard InChI is InChI=1S/C23H26N2O7S/c1-31-19-8-7-17(13-18(19)22(26)27)33(29,30)24-21(16-5-3-2-4-6-16)23(28)32-20-14-25-11-9-15(20)10-12-25/h2-8,13,15,20-21,24H,9-12,14H2,1H3,(H,26,27)/t20-,21?/m0/s1. The summed E-state index contributed by atoms with van der Waals surface area (Å²) < 4.78 is 39.5. The Labute approximate surface area is 192 Å². The summed E-state index contributed by atoms with van der Waals surface area (Å²) in [6.45, 7) is 2.61. The monoisotopic (exact) mass is 474 g/mol. The molecule has 3 aliphatic rings. The Morgan fingerprint density at radius 1 is 1.12 bits per heavy atom. The molecule has 2 atom stereocenters. The van der Waals surface area contributed by atoms with E-state index in [1.54, 1.807) is 30.3 Å². The summed E-state index contributed by atoms with van der Waals surface area (Å²) in [5.41, 5.74) is 0.130. The summed E-state index contributed by atoms with van der Waals surface area (Å²) in [6, 6.07) is 10.7. The number of aromatic carboxylic acids is 1. The minimum absolute atomic E-state index is 0.0304. The molecule has 1 unspecified atom stereocenters. The third-order valence-corrected chi connectivity index (χ3v) is 7.64. The Morgan fingerprint density at radius 2 is 1.82 bits per heavy atom. The largest absolute Gasteiger partial charge is 0.496 e. The van der Waals surface area contributed by atoms with Gasteiger partial charge in [-0.1, -0.05) is 30.3 Å². The summed E-state index contributed by atoms with van der Waals surface area (Å²) in [5, 5.41) is 9.40.